The van der Waals surface area contributed by atoms with Crippen LogP contribution in [0.1, 0.15) is 30.4 Å². The molecule has 57 heavy (non-hydrogen) atoms. The number of nitrogens with zero attached hydrogens (tertiary/aromatic N) is 2. The lowest BCUT2D eigenvalue weighted by molar-refractivity contribution is -0.112. The predicted octanol–water partition coefficient (Wildman–Crippen LogP) is 4.71. The minimum atomic E-state index is 0.124. The molecular weight excluding hydrogens is 732 g/mol. The van der Waals surface area contributed by atoms with Crippen LogP contribution in [0.4, 0.5) is 11.4 Å². The van der Waals surface area contributed by atoms with E-state index in [0.717, 1.165) is 79.1 Å². The largest absolute Gasteiger partial charge is 0.377 e. The van der Waals surface area contributed by atoms with Crippen LogP contribution in [0.3, 0.4) is 0 Å². The van der Waals surface area contributed by atoms with Gasteiger partial charge in [0.05, 0.1) is 132 Å². The van der Waals surface area contributed by atoms with E-state index in [0.29, 0.717) is 132 Å². The van der Waals surface area contributed by atoms with E-state index in [9.17, 15) is 4.79 Å². The van der Waals surface area contributed by atoms with Crippen molar-refractivity contribution in [3.63, 3.8) is 0 Å². The lowest BCUT2D eigenvalue weighted by Crippen LogP contribution is -2.31. The smallest absolute Gasteiger partial charge is 0.185 e. The zero-order valence-electron chi connectivity index (χ0n) is 33.8. The highest BCUT2D eigenvalue weighted by molar-refractivity contribution is 6.14. The van der Waals surface area contributed by atoms with Gasteiger partial charge < -0.3 is 57.2 Å². The number of hydrogen-bond donors (Lipinski definition) is 0. The first-order valence-electron chi connectivity index (χ1n) is 20.7. The van der Waals surface area contributed by atoms with E-state index in [-0.39, 0.29) is 5.78 Å². The SMILES string of the molecule is O=C1/C(=C/c2ccc(N3CCOCCOCCOCCOCCOCC3)cc2)CCC/C1=C\c1ccc(N2CCOCCOCCOCCOCCOCC2)cc1. The van der Waals surface area contributed by atoms with E-state index in [1.807, 2.05) is 12.2 Å². The maximum atomic E-state index is 13.7. The molecule has 316 valence electrons. The highest BCUT2D eigenvalue weighted by atomic mass is 16.6. The fourth-order valence-corrected chi connectivity index (χ4v) is 6.55. The van der Waals surface area contributed by atoms with Crippen LogP contribution in [0.25, 0.3) is 12.2 Å². The molecule has 2 aliphatic heterocycles. The molecule has 3 fully saturated rings. The minimum absolute atomic E-state index is 0.124. The molecule has 0 unspecified atom stereocenters. The Kier molecular flexibility index (Phi) is 22.2. The van der Waals surface area contributed by atoms with Crippen molar-refractivity contribution in [1.29, 1.82) is 0 Å². The Morgan fingerprint density at radius 1 is 0.351 bits per heavy atom. The van der Waals surface area contributed by atoms with Gasteiger partial charge in [-0.25, -0.2) is 0 Å². The number of hydrogen-bond acceptors (Lipinski definition) is 13. The molecule has 2 saturated heterocycles. The molecule has 13 nitrogen and oxygen atoms in total. The Labute approximate surface area is 339 Å². The minimum Gasteiger partial charge on any atom is -0.377 e. The van der Waals surface area contributed by atoms with E-state index in [1.54, 1.807) is 0 Å². The van der Waals surface area contributed by atoms with Crippen molar-refractivity contribution in [3.05, 3.63) is 70.8 Å². The summed E-state index contributed by atoms with van der Waals surface area (Å²) in [6, 6.07) is 16.8. The summed E-state index contributed by atoms with van der Waals surface area (Å²) in [4.78, 5) is 18.3. The summed E-state index contributed by atoms with van der Waals surface area (Å²) < 4.78 is 56.8. The third-order valence-corrected chi connectivity index (χ3v) is 9.67. The van der Waals surface area contributed by atoms with E-state index >= 15 is 0 Å². The van der Waals surface area contributed by atoms with Gasteiger partial charge in [0.1, 0.15) is 0 Å². The third-order valence-electron chi connectivity index (χ3n) is 9.67. The zero-order chi connectivity index (χ0) is 39.4. The second kappa shape index (κ2) is 28.3. The van der Waals surface area contributed by atoms with Crippen molar-refractivity contribution in [1.82, 2.24) is 0 Å². The average molecular weight is 797 g/mol. The molecule has 0 bridgehead atoms. The number of rotatable bonds is 4. The number of carbonyl (C=O) groups excluding carboxylic acids is 1. The number of ether oxygens (including phenoxy) is 10. The predicted molar refractivity (Wildman–Crippen MR) is 220 cm³/mol. The first kappa shape index (κ1) is 44.9. The van der Waals surface area contributed by atoms with Gasteiger partial charge in [0, 0.05) is 48.7 Å². The molecule has 0 N–H and O–H groups in total. The molecule has 2 aromatic carbocycles. The lowest BCUT2D eigenvalue weighted by Gasteiger charge is -2.25. The molecule has 13 heteroatoms. The summed E-state index contributed by atoms with van der Waals surface area (Å²) in [7, 11) is 0. The molecule has 0 spiro atoms. The van der Waals surface area contributed by atoms with Crippen molar-refractivity contribution in [2.24, 2.45) is 0 Å². The number of ketones is 1. The topological polar surface area (TPSA) is 116 Å². The van der Waals surface area contributed by atoms with Gasteiger partial charge >= 0.3 is 0 Å². The second-order valence-corrected chi connectivity index (χ2v) is 13.8. The van der Waals surface area contributed by atoms with Gasteiger partial charge in [0.25, 0.3) is 0 Å². The Morgan fingerprint density at radius 3 is 0.860 bits per heavy atom. The molecule has 0 atom stereocenters. The molecule has 1 aliphatic carbocycles. The van der Waals surface area contributed by atoms with E-state index in [4.69, 9.17) is 47.4 Å². The quantitative estimate of drug-likeness (QED) is 0.399. The summed E-state index contributed by atoms with van der Waals surface area (Å²) in [5.74, 6) is 0.124. The van der Waals surface area contributed by atoms with Crippen LogP contribution in [0.5, 0.6) is 0 Å². The van der Waals surface area contributed by atoms with Crippen LogP contribution < -0.4 is 9.80 Å². The number of Topliss-reactive ketones (excluding diaryl/α,β-unsaturated/α-hetero) is 1. The van der Waals surface area contributed by atoms with Crippen LogP contribution in [0, 0.1) is 0 Å². The van der Waals surface area contributed by atoms with Gasteiger partial charge in [-0.2, -0.15) is 0 Å². The summed E-state index contributed by atoms with van der Waals surface area (Å²) in [5, 5.41) is 0. The Hall–Kier alpha value is -3.21. The number of allylic oxidation sites excluding steroid dienone is 2. The second-order valence-electron chi connectivity index (χ2n) is 13.8. The van der Waals surface area contributed by atoms with Crippen molar-refractivity contribution < 1.29 is 52.2 Å². The number of carbonyl (C=O) groups is 1. The Bertz CT molecular complexity index is 1300. The molecule has 0 amide bonds. The molecule has 0 radical (unpaired) electrons. The van der Waals surface area contributed by atoms with Gasteiger partial charge in [-0.1, -0.05) is 24.3 Å². The normalized spacial score (nSPS) is 23.0. The molecule has 2 heterocycles. The first-order chi connectivity index (χ1) is 28.3. The maximum absolute atomic E-state index is 13.7. The first-order valence-corrected chi connectivity index (χ1v) is 20.7. The van der Waals surface area contributed by atoms with Crippen molar-refractivity contribution >= 4 is 29.3 Å². The van der Waals surface area contributed by atoms with Crippen LogP contribution in [0.2, 0.25) is 0 Å². The summed E-state index contributed by atoms with van der Waals surface area (Å²) in [6.45, 7) is 13.8. The van der Waals surface area contributed by atoms with Crippen molar-refractivity contribution in [3.8, 4) is 0 Å². The fraction of sp³-hybridized carbons (Fsp3) is 0.614. The number of benzene rings is 2. The molecular formula is C44H64N2O11. The molecule has 1 saturated carbocycles. The standard InChI is InChI=1S/C44H64N2O11/c47-44-40(36-38-4-8-42(9-5-38)45-12-16-48-20-24-52-28-32-56-33-29-53-25-21-49-17-13-45)2-1-3-41(44)37-39-6-10-43(11-7-39)46-14-18-50-22-26-54-30-34-57-35-31-55-27-23-51-19-15-46/h4-11,36-37H,1-3,12-35H2/b40-36+,41-37+. The highest BCUT2D eigenvalue weighted by Gasteiger charge is 2.21. The molecule has 0 aromatic heterocycles. The van der Waals surface area contributed by atoms with Gasteiger partial charge in [0.15, 0.2) is 5.78 Å². The fourth-order valence-electron chi connectivity index (χ4n) is 6.55. The lowest BCUT2D eigenvalue weighted by atomic mass is 9.87. The van der Waals surface area contributed by atoms with E-state index in [2.05, 4.69) is 58.3 Å². The summed E-state index contributed by atoms with van der Waals surface area (Å²) >= 11 is 0. The van der Waals surface area contributed by atoms with Crippen LogP contribution in [-0.2, 0) is 52.2 Å². The number of anilines is 2. The summed E-state index contributed by atoms with van der Waals surface area (Å²) in [5.41, 5.74) is 5.88. The van der Waals surface area contributed by atoms with Crippen LogP contribution in [-0.4, -0.2) is 164 Å². The monoisotopic (exact) mass is 796 g/mol. The summed E-state index contributed by atoms with van der Waals surface area (Å²) in [6.07, 6.45) is 6.56. The van der Waals surface area contributed by atoms with Gasteiger partial charge in [-0.15, -0.1) is 0 Å². The maximum Gasteiger partial charge on any atom is 0.185 e. The van der Waals surface area contributed by atoms with Crippen LogP contribution >= 0.6 is 0 Å². The van der Waals surface area contributed by atoms with Gasteiger partial charge in [-0.05, 0) is 66.8 Å². The third kappa shape index (κ3) is 18.1. The van der Waals surface area contributed by atoms with Crippen LogP contribution in [0.15, 0.2) is 59.7 Å². The van der Waals surface area contributed by atoms with Gasteiger partial charge in [-0.3, -0.25) is 4.79 Å². The zero-order valence-corrected chi connectivity index (χ0v) is 33.8. The van der Waals surface area contributed by atoms with E-state index < -0.39 is 0 Å². The molecule has 3 aliphatic rings. The average Bonchev–Trinajstić information content (AvgIpc) is 3.23. The molecule has 2 aromatic rings. The van der Waals surface area contributed by atoms with Crippen molar-refractivity contribution in [2.45, 2.75) is 19.3 Å². The Morgan fingerprint density at radius 2 is 0.596 bits per heavy atom. The van der Waals surface area contributed by atoms with Gasteiger partial charge in [0.2, 0.25) is 0 Å². The highest BCUT2D eigenvalue weighted by Crippen LogP contribution is 2.29. The Balaban J connectivity index is 1.15. The molecule has 5 rings (SSSR count). The van der Waals surface area contributed by atoms with E-state index in [1.165, 1.54) is 0 Å². The van der Waals surface area contributed by atoms with Crippen molar-refractivity contribution in [2.75, 3.05) is 168 Å².